The molecule has 0 aromatic heterocycles. The van der Waals surface area contributed by atoms with Crippen LogP contribution < -0.4 is 37.7 Å². The minimum atomic E-state index is 0.202. The van der Waals surface area contributed by atoms with Gasteiger partial charge in [0.15, 0.2) is 0 Å². The molecule has 0 bridgehead atoms. The zero-order valence-electron chi connectivity index (χ0n) is 24.4. The fraction of sp³-hybridized carbons (Fsp3) is 0. The lowest BCUT2D eigenvalue weighted by Crippen LogP contribution is -2.62. The molecular weight excluding hydrogens is 540 g/mol. The van der Waals surface area contributed by atoms with Crippen molar-refractivity contribution in [2.45, 2.75) is 0 Å². The van der Waals surface area contributed by atoms with Crippen molar-refractivity contribution in [3.63, 3.8) is 0 Å². The van der Waals surface area contributed by atoms with Gasteiger partial charge in [0.1, 0.15) is 0 Å². The minimum Gasteiger partial charge on any atom is -0.312 e. The molecule has 4 aliphatic heterocycles. The van der Waals surface area contributed by atoms with Gasteiger partial charge in [-0.3, -0.25) is 0 Å². The molecule has 0 radical (unpaired) electrons. The predicted molar refractivity (Wildman–Crippen MR) is 194 cm³/mol. The summed E-state index contributed by atoms with van der Waals surface area (Å²) in [6, 6.07) is 53.0. The van der Waals surface area contributed by atoms with Crippen LogP contribution in [-0.4, -0.2) is 13.4 Å². The first-order chi connectivity index (χ1) is 22.4. The van der Waals surface area contributed by atoms with Crippen LogP contribution in [0, 0.1) is 0 Å². The summed E-state index contributed by atoms with van der Waals surface area (Å²) in [5.41, 5.74) is 18.2. The van der Waals surface area contributed by atoms with Crippen molar-refractivity contribution in [3.05, 3.63) is 140 Å². The first kappa shape index (κ1) is 22.9. The van der Waals surface area contributed by atoms with Gasteiger partial charge in [0.2, 0.25) is 13.4 Å². The molecule has 4 heterocycles. The van der Waals surface area contributed by atoms with Gasteiger partial charge in [0, 0.05) is 16.8 Å². The van der Waals surface area contributed by atoms with Crippen molar-refractivity contribution in [3.8, 4) is 22.3 Å². The molecule has 8 aromatic rings. The number of benzene rings is 8. The van der Waals surface area contributed by atoms with Gasteiger partial charge in [-0.25, -0.2) is 0 Å². The molecule has 4 aliphatic rings. The van der Waals surface area contributed by atoms with Crippen molar-refractivity contribution in [1.82, 2.24) is 0 Å². The molecule has 45 heavy (non-hydrogen) atoms. The summed E-state index contributed by atoms with van der Waals surface area (Å²) in [5, 5.41) is 8.01. The third-order valence-corrected chi connectivity index (χ3v) is 11.2. The maximum absolute atomic E-state index is 2.69. The van der Waals surface area contributed by atoms with Crippen LogP contribution in [0.1, 0.15) is 0 Å². The smallest absolute Gasteiger partial charge is 0.248 e. The maximum atomic E-state index is 2.69. The Hall–Kier alpha value is -5.53. The molecule has 0 atom stereocenters. The second-order valence-corrected chi connectivity index (χ2v) is 13.1. The highest BCUT2D eigenvalue weighted by Crippen LogP contribution is 2.49. The molecule has 0 saturated carbocycles. The Balaban J connectivity index is 1.35. The van der Waals surface area contributed by atoms with Gasteiger partial charge in [0.25, 0.3) is 0 Å². The monoisotopic (exact) mass is 563 g/mol. The van der Waals surface area contributed by atoms with E-state index < -0.39 is 0 Å². The van der Waals surface area contributed by atoms with Gasteiger partial charge < -0.3 is 4.90 Å². The molecule has 12 rings (SSSR count). The van der Waals surface area contributed by atoms with E-state index in [1.54, 1.807) is 0 Å². The van der Waals surface area contributed by atoms with Crippen molar-refractivity contribution in [2.75, 3.05) is 4.90 Å². The fourth-order valence-electron chi connectivity index (χ4n) is 9.69. The van der Waals surface area contributed by atoms with E-state index in [2.05, 4.69) is 144 Å². The molecule has 0 fully saturated rings. The van der Waals surface area contributed by atoms with E-state index in [9.17, 15) is 0 Å². The molecule has 0 aliphatic carbocycles. The van der Waals surface area contributed by atoms with Gasteiger partial charge in [-0.1, -0.05) is 138 Å². The minimum absolute atomic E-state index is 0.202. The number of nitrogens with zero attached hydrogens (tertiary/aromatic N) is 1. The normalized spacial score (nSPS) is 14.1. The Kier molecular flexibility index (Phi) is 3.95. The fourth-order valence-corrected chi connectivity index (χ4v) is 9.69. The lowest BCUT2D eigenvalue weighted by molar-refractivity contribution is 1.32. The lowest BCUT2D eigenvalue weighted by Gasteiger charge is -2.43. The summed E-state index contributed by atoms with van der Waals surface area (Å²) < 4.78 is 0. The SMILES string of the molecule is c1ccc2c(c1)B1c3cccc4c3N(c3cccc-2c31)c1c2c(cc3c5ccccc5c5ccccc5c13)-c1ccccc1B42. The summed E-state index contributed by atoms with van der Waals surface area (Å²) in [6.07, 6.45) is 0. The zero-order chi connectivity index (χ0) is 29.0. The summed E-state index contributed by atoms with van der Waals surface area (Å²) in [7, 11) is 0. The largest absolute Gasteiger partial charge is 0.312 e. The summed E-state index contributed by atoms with van der Waals surface area (Å²) in [5.74, 6) is 0. The number of hydrogen-bond donors (Lipinski definition) is 0. The highest BCUT2D eigenvalue weighted by molar-refractivity contribution is 7.05. The highest BCUT2D eigenvalue weighted by Gasteiger charge is 2.50. The summed E-state index contributed by atoms with van der Waals surface area (Å²) in [6.45, 7) is 0.442. The third kappa shape index (κ3) is 2.52. The van der Waals surface area contributed by atoms with Gasteiger partial charge >= 0.3 is 0 Å². The number of hydrogen-bond acceptors (Lipinski definition) is 1. The Morgan fingerprint density at radius 2 is 0.867 bits per heavy atom. The van der Waals surface area contributed by atoms with Crippen LogP contribution in [-0.2, 0) is 0 Å². The Labute approximate surface area is 261 Å². The summed E-state index contributed by atoms with van der Waals surface area (Å²) >= 11 is 0. The Morgan fingerprint density at radius 1 is 0.356 bits per heavy atom. The average Bonchev–Trinajstić information content (AvgIpc) is 3.62. The molecule has 0 spiro atoms. The van der Waals surface area contributed by atoms with Crippen LogP contribution in [0.2, 0.25) is 0 Å². The second kappa shape index (κ2) is 7.75. The van der Waals surface area contributed by atoms with Gasteiger partial charge in [0.05, 0.1) is 5.69 Å². The van der Waals surface area contributed by atoms with E-state index in [0.29, 0.717) is 0 Å². The van der Waals surface area contributed by atoms with E-state index in [4.69, 9.17) is 0 Å². The number of para-hydroxylation sites is 1. The molecule has 1 nitrogen and oxygen atoms in total. The lowest BCUT2D eigenvalue weighted by atomic mass is 9.32. The second-order valence-electron chi connectivity index (χ2n) is 13.1. The maximum Gasteiger partial charge on any atom is 0.248 e. The van der Waals surface area contributed by atoms with E-state index in [0.717, 1.165) is 0 Å². The van der Waals surface area contributed by atoms with Gasteiger partial charge in [-0.15, -0.1) is 0 Å². The zero-order valence-corrected chi connectivity index (χ0v) is 24.4. The first-order valence-electron chi connectivity index (χ1n) is 16.0. The molecule has 0 amide bonds. The molecule has 8 aromatic carbocycles. The molecule has 0 unspecified atom stereocenters. The van der Waals surface area contributed by atoms with Crippen molar-refractivity contribution in [2.24, 2.45) is 0 Å². The Bertz CT molecular complexity index is 2670. The number of rotatable bonds is 0. The highest BCUT2D eigenvalue weighted by atomic mass is 15.2. The van der Waals surface area contributed by atoms with Crippen molar-refractivity contribution >= 4 is 95.6 Å². The Morgan fingerprint density at radius 3 is 1.60 bits per heavy atom. The van der Waals surface area contributed by atoms with E-state index >= 15 is 0 Å². The molecule has 3 heteroatoms. The van der Waals surface area contributed by atoms with Crippen LogP contribution in [0.25, 0.3) is 54.6 Å². The van der Waals surface area contributed by atoms with E-state index in [1.807, 2.05) is 0 Å². The molecular formula is C42H23B2N. The van der Waals surface area contributed by atoms with Crippen molar-refractivity contribution < 1.29 is 0 Å². The quantitative estimate of drug-likeness (QED) is 0.156. The van der Waals surface area contributed by atoms with Gasteiger partial charge in [-0.05, 0) is 83.2 Å². The third-order valence-electron chi connectivity index (χ3n) is 11.2. The average molecular weight is 563 g/mol. The van der Waals surface area contributed by atoms with Crippen LogP contribution in [0.15, 0.2) is 140 Å². The number of fused-ring (bicyclic) bond motifs is 17. The molecule has 202 valence electrons. The van der Waals surface area contributed by atoms with Crippen LogP contribution in [0.4, 0.5) is 17.1 Å². The summed E-state index contributed by atoms with van der Waals surface area (Å²) in [4.78, 5) is 2.69. The van der Waals surface area contributed by atoms with Crippen LogP contribution in [0.5, 0.6) is 0 Å². The molecule has 0 N–H and O–H groups in total. The van der Waals surface area contributed by atoms with Crippen LogP contribution >= 0.6 is 0 Å². The standard InChI is InChI=1S/C42H23B2N/c1-2-13-26-24(11-1)25-12-3-4-16-29(25)38-31(26)23-32-28-15-6-8-19-34(28)44-36-21-10-20-35-41(36)45(42(38)40(32)44)37-22-9-17-30-27-14-5-7-18-33(27)43(35)39(30)37/h1-23H. The van der Waals surface area contributed by atoms with Crippen LogP contribution in [0.3, 0.4) is 0 Å². The van der Waals surface area contributed by atoms with Crippen molar-refractivity contribution in [1.29, 1.82) is 0 Å². The van der Waals surface area contributed by atoms with E-state index in [1.165, 1.54) is 104 Å². The van der Waals surface area contributed by atoms with E-state index in [-0.39, 0.29) is 13.4 Å². The number of anilines is 3. The van der Waals surface area contributed by atoms with Gasteiger partial charge in [-0.2, -0.15) is 0 Å². The predicted octanol–water partition coefficient (Wildman–Crippen LogP) is 6.24. The topological polar surface area (TPSA) is 3.24 Å². The first-order valence-corrected chi connectivity index (χ1v) is 16.0. The molecule has 0 saturated heterocycles.